The van der Waals surface area contributed by atoms with Crippen molar-refractivity contribution < 1.29 is 12.6 Å². The molecule has 0 bridgehead atoms. The molecule has 0 amide bonds. The van der Waals surface area contributed by atoms with Crippen molar-refractivity contribution in [2.24, 2.45) is 23.7 Å². The summed E-state index contributed by atoms with van der Waals surface area (Å²) < 4.78 is 26.8. The molecule has 0 aromatic heterocycles. The van der Waals surface area contributed by atoms with Crippen molar-refractivity contribution in [2.75, 3.05) is 12.9 Å². The Labute approximate surface area is 131 Å². The lowest BCUT2D eigenvalue weighted by molar-refractivity contribution is 0.136. The smallest absolute Gasteiger partial charge is 0.264 e. The van der Waals surface area contributed by atoms with Gasteiger partial charge in [-0.2, -0.15) is 8.42 Å². The summed E-state index contributed by atoms with van der Waals surface area (Å²) in [6.45, 7) is 2.70. The van der Waals surface area contributed by atoms with Crippen LogP contribution in [-0.2, 0) is 14.3 Å². The van der Waals surface area contributed by atoms with Gasteiger partial charge in [-0.25, -0.2) is 0 Å². The van der Waals surface area contributed by atoms with E-state index in [4.69, 9.17) is 4.18 Å². The van der Waals surface area contributed by atoms with Crippen molar-refractivity contribution in [3.05, 3.63) is 0 Å². The Morgan fingerprint density at radius 1 is 0.857 bits per heavy atom. The van der Waals surface area contributed by atoms with Crippen LogP contribution in [0.2, 0.25) is 0 Å². The first kappa shape index (κ1) is 17.3. The molecular weight excluding hydrogens is 284 g/mol. The normalized spacial score (nSPS) is 34.8. The van der Waals surface area contributed by atoms with Crippen LogP contribution in [0.5, 0.6) is 0 Å². The van der Waals surface area contributed by atoms with E-state index in [2.05, 4.69) is 6.92 Å². The molecule has 2 fully saturated rings. The van der Waals surface area contributed by atoms with E-state index in [0.717, 1.165) is 30.4 Å². The van der Waals surface area contributed by atoms with Crippen LogP contribution in [0.25, 0.3) is 0 Å². The Bertz CT molecular complexity index is 388. The maximum Gasteiger partial charge on any atom is 0.264 e. The van der Waals surface area contributed by atoms with Crippen LogP contribution < -0.4 is 0 Å². The average Bonchev–Trinajstić information content (AvgIpc) is 2.47. The Morgan fingerprint density at radius 2 is 1.33 bits per heavy atom. The standard InChI is InChI=1S/C17H32O3S/c1-3-14-4-8-16(9-5-14)17-10-6-15(7-11-17)12-13-20-21(2,18)19/h14-17H,3-13H2,1-2H3. The van der Waals surface area contributed by atoms with Gasteiger partial charge in [-0.1, -0.05) is 39.0 Å². The molecule has 0 saturated heterocycles. The average molecular weight is 317 g/mol. The third-order valence-electron chi connectivity index (χ3n) is 5.85. The minimum absolute atomic E-state index is 0.371. The molecule has 0 radical (unpaired) electrons. The van der Waals surface area contributed by atoms with E-state index in [1.807, 2.05) is 0 Å². The van der Waals surface area contributed by atoms with Gasteiger partial charge in [0.1, 0.15) is 0 Å². The van der Waals surface area contributed by atoms with Gasteiger partial charge in [0.25, 0.3) is 10.1 Å². The molecule has 2 aliphatic rings. The van der Waals surface area contributed by atoms with Gasteiger partial charge in [0.05, 0.1) is 12.9 Å². The van der Waals surface area contributed by atoms with E-state index in [1.54, 1.807) is 0 Å². The quantitative estimate of drug-likeness (QED) is 0.683. The number of rotatable bonds is 6. The maximum atomic E-state index is 11.0. The molecule has 2 aliphatic carbocycles. The monoisotopic (exact) mass is 316 g/mol. The molecule has 0 spiro atoms. The van der Waals surface area contributed by atoms with Gasteiger partial charge in [-0.05, 0) is 55.8 Å². The van der Waals surface area contributed by atoms with Crippen LogP contribution in [0.15, 0.2) is 0 Å². The highest BCUT2D eigenvalue weighted by Crippen LogP contribution is 2.42. The molecule has 2 rings (SSSR count). The van der Waals surface area contributed by atoms with Gasteiger partial charge in [-0.3, -0.25) is 4.18 Å². The lowest BCUT2D eigenvalue weighted by atomic mass is 9.68. The minimum Gasteiger partial charge on any atom is -0.270 e. The first-order valence-corrected chi connectivity index (χ1v) is 10.6. The summed E-state index contributed by atoms with van der Waals surface area (Å²) in [6.07, 6.45) is 14.4. The SMILES string of the molecule is CCC1CCC(C2CCC(CCOS(C)(=O)=O)CC2)CC1. The molecule has 124 valence electrons. The van der Waals surface area contributed by atoms with Crippen LogP contribution in [0.1, 0.15) is 71.1 Å². The fourth-order valence-corrected chi connectivity index (χ4v) is 4.78. The van der Waals surface area contributed by atoms with Crippen molar-refractivity contribution in [2.45, 2.75) is 71.1 Å². The molecule has 2 saturated carbocycles. The summed E-state index contributed by atoms with van der Waals surface area (Å²) >= 11 is 0. The van der Waals surface area contributed by atoms with E-state index < -0.39 is 10.1 Å². The molecular formula is C17H32O3S. The molecule has 0 unspecified atom stereocenters. The van der Waals surface area contributed by atoms with Gasteiger partial charge in [0, 0.05) is 0 Å². The first-order chi connectivity index (χ1) is 9.98. The van der Waals surface area contributed by atoms with Crippen LogP contribution >= 0.6 is 0 Å². The van der Waals surface area contributed by atoms with E-state index in [1.165, 1.54) is 57.8 Å². The zero-order valence-corrected chi connectivity index (χ0v) is 14.5. The Morgan fingerprint density at radius 3 is 1.76 bits per heavy atom. The lowest BCUT2D eigenvalue weighted by Gasteiger charge is -2.37. The fourth-order valence-electron chi connectivity index (χ4n) is 4.38. The summed E-state index contributed by atoms with van der Waals surface area (Å²) in [5.74, 6) is 3.58. The molecule has 0 atom stereocenters. The van der Waals surface area contributed by atoms with Crippen LogP contribution in [0.4, 0.5) is 0 Å². The minimum atomic E-state index is -3.26. The molecule has 0 aliphatic heterocycles. The number of hydrogen-bond donors (Lipinski definition) is 0. The highest BCUT2D eigenvalue weighted by molar-refractivity contribution is 7.85. The maximum absolute atomic E-state index is 11.0. The van der Waals surface area contributed by atoms with Crippen molar-refractivity contribution in [1.29, 1.82) is 0 Å². The van der Waals surface area contributed by atoms with Gasteiger partial charge in [0.2, 0.25) is 0 Å². The predicted molar refractivity (Wildman–Crippen MR) is 86.6 cm³/mol. The van der Waals surface area contributed by atoms with Gasteiger partial charge < -0.3 is 0 Å². The van der Waals surface area contributed by atoms with Crippen LogP contribution in [0, 0.1) is 23.7 Å². The van der Waals surface area contributed by atoms with Crippen molar-refractivity contribution in [3.8, 4) is 0 Å². The van der Waals surface area contributed by atoms with E-state index in [9.17, 15) is 8.42 Å². The molecule has 4 heteroatoms. The molecule has 0 N–H and O–H groups in total. The molecule has 21 heavy (non-hydrogen) atoms. The van der Waals surface area contributed by atoms with Gasteiger partial charge in [-0.15, -0.1) is 0 Å². The van der Waals surface area contributed by atoms with Crippen molar-refractivity contribution in [3.63, 3.8) is 0 Å². The van der Waals surface area contributed by atoms with E-state index >= 15 is 0 Å². The van der Waals surface area contributed by atoms with E-state index in [0.29, 0.717) is 12.5 Å². The third-order valence-corrected chi connectivity index (χ3v) is 6.45. The zero-order valence-electron chi connectivity index (χ0n) is 13.7. The van der Waals surface area contributed by atoms with Crippen molar-refractivity contribution in [1.82, 2.24) is 0 Å². The second kappa shape index (κ2) is 7.96. The van der Waals surface area contributed by atoms with Crippen molar-refractivity contribution >= 4 is 10.1 Å². The predicted octanol–water partition coefficient (Wildman–Crippen LogP) is 4.38. The Kier molecular flexibility index (Phi) is 6.54. The Balaban J connectivity index is 1.64. The van der Waals surface area contributed by atoms with Crippen LogP contribution in [0.3, 0.4) is 0 Å². The second-order valence-corrected chi connectivity index (χ2v) is 8.93. The fraction of sp³-hybridized carbons (Fsp3) is 1.00. The summed E-state index contributed by atoms with van der Waals surface area (Å²) in [6, 6.07) is 0. The molecule has 3 nitrogen and oxygen atoms in total. The molecule has 0 aromatic carbocycles. The van der Waals surface area contributed by atoms with Crippen LogP contribution in [-0.4, -0.2) is 21.3 Å². The van der Waals surface area contributed by atoms with Gasteiger partial charge >= 0.3 is 0 Å². The summed E-state index contributed by atoms with van der Waals surface area (Å²) in [4.78, 5) is 0. The van der Waals surface area contributed by atoms with Gasteiger partial charge in [0.15, 0.2) is 0 Å². The number of hydrogen-bond acceptors (Lipinski definition) is 3. The molecule has 0 aromatic rings. The largest absolute Gasteiger partial charge is 0.270 e. The topological polar surface area (TPSA) is 43.4 Å². The highest BCUT2D eigenvalue weighted by Gasteiger charge is 2.30. The Hall–Kier alpha value is -0.0900. The third kappa shape index (κ3) is 5.90. The van der Waals surface area contributed by atoms with E-state index in [-0.39, 0.29) is 0 Å². The summed E-state index contributed by atoms with van der Waals surface area (Å²) in [5, 5.41) is 0. The first-order valence-electron chi connectivity index (χ1n) is 8.82. The lowest BCUT2D eigenvalue weighted by Crippen LogP contribution is -2.26. The highest BCUT2D eigenvalue weighted by atomic mass is 32.2. The summed E-state index contributed by atoms with van der Waals surface area (Å²) in [7, 11) is -3.26. The zero-order chi connectivity index (χ0) is 15.3. The molecule has 0 heterocycles. The summed E-state index contributed by atoms with van der Waals surface area (Å²) in [5.41, 5.74) is 0. The second-order valence-electron chi connectivity index (χ2n) is 7.28.